The molecular formula is C10H14N6. The van der Waals surface area contributed by atoms with Crippen molar-refractivity contribution in [2.24, 2.45) is 5.92 Å². The van der Waals surface area contributed by atoms with Crippen LogP contribution in [0.2, 0.25) is 0 Å². The van der Waals surface area contributed by atoms with Crippen molar-refractivity contribution in [3.63, 3.8) is 0 Å². The van der Waals surface area contributed by atoms with Crippen LogP contribution in [0.4, 0.5) is 11.8 Å². The lowest BCUT2D eigenvalue weighted by atomic mass is 10.3. The van der Waals surface area contributed by atoms with E-state index in [9.17, 15) is 0 Å². The fourth-order valence-electron chi connectivity index (χ4n) is 2.01. The predicted molar refractivity (Wildman–Crippen MR) is 61.9 cm³/mol. The first-order chi connectivity index (χ1) is 7.78. The van der Waals surface area contributed by atoms with Crippen molar-refractivity contribution >= 4 is 22.8 Å². The molecule has 0 bridgehead atoms. The third-order valence-corrected chi connectivity index (χ3v) is 3.10. The van der Waals surface area contributed by atoms with Crippen LogP contribution in [0.25, 0.3) is 11.0 Å². The van der Waals surface area contributed by atoms with Crippen molar-refractivity contribution in [1.82, 2.24) is 20.2 Å². The fourth-order valence-corrected chi connectivity index (χ4v) is 2.01. The van der Waals surface area contributed by atoms with Crippen molar-refractivity contribution in [3.05, 3.63) is 6.20 Å². The van der Waals surface area contributed by atoms with Crippen molar-refractivity contribution in [2.45, 2.75) is 25.8 Å². The van der Waals surface area contributed by atoms with Crippen molar-refractivity contribution in [1.29, 1.82) is 0 Å². The molecule has 1 saturated carbocycles. The summed E-state index contributed by atoms with van der Waals surface area (Å²) in [5, 5.41) is 11.0. The Morgan fingerprint density at radius 2 is 2.44 bits per heavy atom. The number of nitrogens with zero attached hydrogens (tertiary/aromatic N) is 3. The van der Waals surface area contributed by atoms with Crippen LogP contribution in [-0.2, 0) is 0 Å². The van der Waals surface area contributed by atoms with Crippen LogP contribution in [0.15, 0.2) is 6.20 Å². The summed E-state index contributed by atoms with van der Waals surface area (Å²) in [4.78, 5) is 8.29. The molecular weight excluding hydrogens is 204 g/mol. The minimum absolute atomic E-state index is 0.271. The number of aromatic amines is 1. The Hall–Kier alpha value is -1.85. The lowest BCUT2D eigenvalue weighted by molar-refractivity contribution is 0.774. The number of hydrogen-bond acceptors (Lipinski definition) is 5. The van der Waals surface area contributed by atoms with E-state index in [0.29, 0.717) is 11.7 Å². The Labute approximate surface area is 92.7 Å². The molecule has 6 nitrogen and oxygen atoms in total. The molecule has 3 rings (SSSR count). The summed E-state index contributed by atoms with van der Waals surface area (Å²) in [6.07, 6.45) is 4.13. The van der Waals surface area contributed by atoms with Gasteiger partial charge in [0.2, 0.25) is 5.95 Å². The maximum Gasteiger partial charge on any atom is 0.224 e. The highest BCUT2D eigenvalue weighted by molar-refractivity contribution is 5.87. The standard InChI is InChI=1S/C10H14N6/c1-2-5-3-7(5)13-8-6-4-12-16-9(6)15-10(11)14-8/h4-5,7H,2-3H2,1H3,(H4,11,12,13,14,15,16). The number of fused-ring (bicyclic) bond motifs is 1. The van der Waals surface area contributed by atoms with Gasteiger partial charge in [-0.3, -0.25) is 5.10 Å². The van der Waals surface area contributed by atoms with E-state index in [-0.39, 0.29) is 5.95 Å². The molecule has 2 aromatic heterocycles. The SMILES string of the molecule is CCC1CC1Nc1nc(N)nc2[nH]ncc12. The molecule has 2 heterocycles. The van der Waals surface area contributed by atoms with Gasteiger partial charge in [0, 0.05) is 6.04 Å². The molecule has 84 valence electrons. The second kappa shape index (κ2) is 3.33. The number of nitrogens with one attached hydrogen (secondary N) is 2. The van der Waals surface area contributed by atoms with Gasteiger partial charge in [0.15, 0.2) is 5.65 Å². The van der Waals surface area contributed by atoms with Gasteiger partial charge in [-0.25, -0.2) is 0 Å². The number of rotatable bonds is 3. The van der Waals surface area contributed by atoms with E-state index < -0.39 is 0 Å². The summed E-state index contributed by atoms with van der Waals surface area (Å²) in [7, 11) is 0. The van der Waals surface area contributed by atoms with Crippen LogP contribution in [-0.4, -0.2) is 26.2 Å². The maximum absolute atomic E-state index is 5.64. The molecule has 2 unspecified atom stereocenters. The van der Waals surface area contributed by atoms with E-state index in [1.807, 2.05) is 0 Å². The Kier molecular flexibility index (Phi) is 1.95. The minimum atomic E-state index is 0.271. The third-order valence-electron chi connectivity index (χ3n) is 3.10. The molecule has 4 N–H and O–H groups in total. The molecule has 2 atom stereocenters. The second-order valence-corrected chi connectivity index (χ2v) is 4.22. The summed E-state index contributed by atoms with van der Waals surface area (Å²) in [6, 6.07) is 0.525. The Morgan fingerprint density at radius 3 is 3.19 bits per heavy atom. The van der Waals surface area contributed by atoms with Gasteiger partial charge in [-0.2, -0.15) is 15.1 Å². The predicted octanol–water partition coefficient (Wildman–Crippen LogP) is 1.15. The van der Waals surface area contributed by atoms with Crippen molar-refractivity contribution in [2.75, 3.05) is 11.1 Å². The minimum Gasteiger partial charge on any atom is -0.368 e. The molecule has 16 heavy (non-hydrogen) atoms. The van der Waals surface area contributed by atoms with Gasteiger partial charge in [0.05, 0.1) is 11.6 Å². The normalized spacial score (nSPS) is 23.6. The van der Waals surface area contributed by atoms with Gasteiger partial charge in [-0.05, 0) is 12.3 Å². The average molecular weight is 218 g/mol. The molecule has 0 spiro atoms. The second-order valence-electron chi connectivity index (χ2n) is 4.22. The highest BCUT2D eigenvalue weighted by Crippen LogP contribution is 2.36. The van der Waals surface area contributed by atoms with E-state index in [4.69, 9.17) is 5.73 Å². The van der Waals surface area contributed by atoms with Crippen LogP contribution < -0.4 is 11.1 Å². The van der Waals surface area contributed by atoms with E-state index in [2.05, 4.69) is 32.4 Å². The Balaban J connectivity index is 1.93. The quantitative estimate of drug-likeness (QED) is 0.718. The molecule has 2 aromatic rings. The zero-order valence-electron chi connectivity index (χ0n) is 9.07. The molecule has 1 aliphatic carbocycles. The number of nitrogens with two attached hydrogens (primary N) is 1. The largest absolute Gasteiger partial charge is 0.368 e. The van der Waals surface area contributed by atoms with Gasteiger partial charge in [0.25, 0.3) is 0 Å². The monoisotopic (exact) mass is 218 g/mol. The third kappa shape index (κ3) is 1.46. The van der Waals surface area contributed by atoms with E-state index in [0.717, 1.165) is 17.1 Å². The van der Waals surface area contributed by atoms with E-state index in [1.165, 1.54) is 12.8 Å². The topological polar surface area (TPSA) is 92.5 Å². The maximum atomic E-state index is 5.64. The van der Waals surface area contributed by atoms with Crippen molar-refractivity contribution in [3.8, 4) is 0 Å². The molecule has 6 heteroatoms. The van der Waals surface area contributed by atoms with Crippen LogP contribution >= 0.6 is 0 Å². The van der Waals surface area contributed by atoms with Gasteiger partial charge in [-0.1, -0.05) is 13.3 Å². The van der Waals surface area contributed by atoms with Gasteiger partial charge >= 0.3 is 0 Å². The number of anilines is 2. The van der Waals surface area contributed by atoms with Crippen LogP contribution in [0.3, 0.4) is 0 Å². The number of hydrogen-bond donors (Lipinski definition) is 3. The van der Waals surface area contributed by atoms with E-state index in [1.54, 1.807) is 6.20 Å². The summed E-state index contributed by atoms with van der Waals surface area (Å²) < 4.78 is 0. The smallest absolute Gasteiger partial charge is 0.224 e. The average Bonchev–Trinajstić information content (AvgIpc) is 2.83. The summed E-state index contributed by atoms with van der Waals surface area (Å²) >= 11 is 0. The number of nitrogen functional groups attached to an aromatic ring is 1. The van der Waals surface area contributed by atoms with Gasteiger partial charge in [0.1, 0.15) is 5.82 Å². The zero-order chi connectivity index (χ0) is 11.1. The summed E-state index contributed by atoms with van der Waals surface area (Å²) in [6.45, 7) is 2.20. The first-order valence-electron chi connectivity index (χ1n) is 5.51. The zero-order valence-corrected chi connectivity index (χ0v) is 9.07. The first kappa shape index (κ1) is 9.38. The number of H-pyrrole nitrogens is 1. The van der Waals surface area contributed by atoms with Gasteiger partial charge < -0.3 is 11.1 Å². The summed E-state index contributed by atoms with van der Waals surface area (Å²) in [5.41, 5.74) is 6.32. The fraction of sp³-hybridized carbons (Fsp3) is 0.500. The lowest BCUT2D eigenvalue weighted by Gasteiger charge is -2.05. The Morgan fingerprint density at radius 1 is 1.56 bits per heavy atom. The highest BCUT2D eigenvalue weighted by Gasteiger charge is 2.35. The molecule has 0 radical (unpaired) electrons. The highest BCUT2D eigenvalue weighted by atomic mass is 15.2. The lowest BCUT2D eigenvalue weighted by Crippen LogP contribution is -2.08. The molecule has 0 aliphatic heterocycles. The molecule has 1 aliphatic rings. The Bertz CT molecular complexity index is 519. The molecule has 0 aromatic carbocycles. The van der Waals surface area contributed by atoms with Crippen LogP contribution in [0.5, 0.6) is 0 Å². The number of aromatic nitrogens is 4. The molecule has 0 amide bonds. The van der Waals surface area contributed by atoms with E-state index >= 15 is 0 Å². The van der Waals surface area contributed by atoms with Gasteiger partial charge in [-0.15, -0.1) is 0 Å². The van der Waals surface area contributed by atoms with Crippen LogP contribution in [0, 0.1) is 5.92 Å². The summed E-state index contributed by atoms with van der Waals surface area (Å²) in [5.74, 6) is 1.82. The van der Waals surface area contributed by atoms with Crippen LogP contribution in [0.1, 0.15) is 19.8 Å². The molecule has 0 saturated heterocycles. The van der Waals surface area contributed by atoms with Crippen molar-refractivity contribution < 1.29 is 0 Å². The first-order valence-corrected chi connectivity index (χ1v) is 5.51. The molecule has 1 fully saturated rings.